The minimum atomic E-state index is -0.593. The van der Waals surface area contributed by atoms with Gasteiger partial charge in [-0.25, -0.2) is 9.97 Å². The fourth-order valence-electron chi connectivity index (χ4n) is 2.06. The van der Waals surface area contributed by atoms with Crippen LogP contribution < -0.4 is 4.90 Å². The number of pyridine rings is 1. The number of hydrogen-bond donors (Lipinski definition) is 0. The Kier molecular flexibility index (Phi) is 5.01. The highest BCUT2D eigenvalue weighted by Crippen LogP contribution is 2.22. The van der Waals surface area contributed by atoms with Crippen molar-refractivity contribution in [3.05, 3.63) is 44.5 Å². The second-order valence-corrected chi connectivity index (χ2v) is 5.85. The van der Waals surface area contributed by atoms with Crippen LogP contribution in [0.2, 0.25) is 0 Å². The summed E-state index contributed by atoms with van der Waals surface area (Å²) < 4.78 is 0. The smallest absolute Gasteiger partial charge is 0.305 e. The molecule has 0 spiro atoms. The zero-order valence-corrected chi connectivity index (χ0v) is 13.1. The van der Waals surface area contributed by atoms with Gasteiger partial charge in [-0.05, 0) is 19.9 Å². The van der Waals surface area contributed by atoms with Crippen LogP contribution in [-0.2, 0) is 6.42 Å². The molecule has 2 aromatic heterocycles. The van der Waals surface area contributed by atoms with Gasteiger partial charge in [0.05, 0.1) is 9.93 Å². The summed E-state index contributed by atoms with van der Waals surface area (Å²) in [5, 5.41) is 22.9. The molecule has 114 valence electrons. The minimum Gasteiger partial charge on any atom is -0.354 e. The second-order valence-electron chi connectivity index (χ2n) is 4.87. The molecule has 22 heavy (non-hydrogen) atoms. The van der Waals surface area contributed by atoms with Crippen LogP contribution in [0.4, 0.5) is 11.5 Å². The lowest BCUT2D eigenvalue weighted by atomic mass is 10.2. The third kappa shape index (κ3) is 3.56. The molecule has 0 radical (unpaired) electrons. The highest BCUT2D eigenvalue weighted by molar-refractivity contribution is 7.09. The van der Waals surface area contributed by atoms with Gasteiger partial charge in [0.15, 0.2) is 0 Å². The monoisotopic (exact) mass is 317 g/mol. The Labute approximate surface area is 132 Å². The van der Waals surface area contributed by atoms with Crippen molar-refractivity contribution in [3.8, 4) is 6.07 Å². The quantitative estimate of drug-likeness (QED) is 0.600. The topological polar surface area (TPSA) is 96.0 Å². The molecule has 2 heterocycles. The number of nitrogens with zero attached hydrogens (tertiary/aromatic N) is 5. The first kappa shape index (κ1) is 15.9. The Morgan fingerprint density at radius 1 is 1.50 bits per heavy atom. The largest absolute Gasteiger partial charge is 0.354 e. The van der Waals surface area contributed by atoms with Gasteiger partial charge >= 0.3 is 5.69 Å². The van der Waals surface area contributed by atoms with Crippen molar-refractivity contribution in [2.75, 3.05) is 11.4 Å². The summed E-state index contributed by atoms with van der Waals surface area (Å²) in [5.41, 5.74) is -0.433. The molecule has 0 aliphatic rings. The maximum Gasteiger partial charge on any atom is 0.305 e. The maximum absolute atomic E-state index is 10.9. The molecule has 2 aromatic rings. The summed E-state index contributed by atoms with van der Waals surface area (Å²) in [7, 11) is 0. The van der Waals surface area contributed by atoms with Crippen LogP contribution in [0.3, 0.4) is 0 Å². The maximum atomic E-state index is 10.9. The third-order valence-corrected chi connectivity index (χ3v) is 3.97. The van der Waals surface area contributed by atoms with Crippen molar-refractivity contribution < 1.29 is 4.92 Å². The van der Waals surface area contributed by atoms with E-state index >= 15 is 0 Å². The van der Waals surface area contributed by atoms with Crippen molar-refractivity contribution in [2.24, 2.45) is 0 Å². The van der Waals surface area contributed by atoms with Gasteiger partial charge in [-0.3, -0.25) is 10.1 Å². The molecule has 8 heteroatoms. The molecule has 0 fully saturated rings. The van der Waals surface area contributed by atoms with E-state index < -0.39 is 4.92 Å². The number of aromatic nitrogens is 2. The SMILES string of the molecule is CC(C)N(CCc1nccs1)c1ccc([N+](=O)[O-])c(C#N)n1. The molecule has 0 amide bonds. The van der Waals surface area contributed by atoms with Gasteiger partial charge in [-0.1, -0.05) is 0 Å². The van der Waals surface area contributed by atoms with Crippen LogP contribution in [0, 0.1) is 21.4 Å². The first-order valence-corrected chi connectivity index (χ1v) is 7.61. The van der Waals surface area contributed by atoms with Crippen molar-refractivity contribution in [1.29, 1.82) is 5.26 Å². The van der Waals surface area contributed by atoms with E-state index in [2.05, 4.69) is 9.97 Å². The number of nitriles is 1. The third-order valence-electron chi connectivity index (χ3n) is 3.13. The van der Waals surface area contributed by atoms with E-state index in [0.29, 0.717) is 12.4 Å². The van der Waals surface area contributed by atoms with Crippen molar-refractivity contribution in [1.82, 2.24) is 9.97 Å². The average molecular weight is 317 g/mol. The second kappa shape index (κ2) is 6.95. The lowest BCUT2D eigenvalue weighted by Crippen LogP contribution is -2.33. The van der Waals surface area contributed by atoms with Gasteiger partial charge in [0.25, 0.3) is 0 Å². The molecule has 0 aromatic carbocycles. The van der Waals surface area contributed by atoms with Crippen LogP contribution in [0.1, 0.15) is 24.5 Å². The van der Waals surface area contributed by atoms with E-state index in [0.717, 1.165) is 11.4 Å². The number of rotatable bonds is 6. The van der Waals surface area contributed by atoms with Crippen molar-refractivity contribution in [3.63, 3.8) is 0 Å². The molecular weight excluding hydrogens is 302 g/mol. The van der Waals surface area contributed by atoms with Crippen LogP contribution in [0.15, 0.2) is 23.7 Å². The number of thiazole rings is 1. The molecular formula is C14H15N5O2S. The normalized spacial score (nSPS) is 10.5. The Balaban J connectivity index is 2.25. The van der Waals surface area contributed by atoms with Crippen LogP contribution in [0.25, 0.3) is 0 Å². The number of nitro groups is 1. The fraction of sp³-hybridized carbons (Fsp3) is 0.357. The molecule has 0 bridgehead atoms. The molecule has 0 atom stereocenters. The number of hydrogen-bond acceptors (Lipinski definition) is 7. The summed E-state index contributed by atoms with van der Waals surface area (Å²) in [5.74, 6) is 0.564. The molecule has 0 saturated heterocycles. The Morgan fingerprint density at radius 2 is 2.27 bits per heavy atom. The summed E-state index contributed by atoms with van der Waals surface area (Å²) >= 11 is 1.59. The molecule has 0 saturated carbocycles. The lowest BCUT2D eigenvalue weighted by molar-refractivity contribution is -0.385. The molecule has 0 N–H and O–H groups in total. The average Bonchev–Trinajstić information content (AvgIpc) is 3.00. The molecule has 0 unspecified atom stereocenters. The Morgan fingerprint density at radius 3 is 2.82 bits per heavy atom. The van der Waals surface area contributed by atoms with Gasteiger partial charge in [0, 0.05) is 36.7 Å². The van der Waals surface area contributed by atoms with Crippen LogP contribution in [0.5, 0.6) is 0 Å². The van der Waals surface area contributed by atoms with Crippen LogP contribution in [-0.4, -0.2) is 27.5 Å². The van der Waals surface area contributed by atoms with Crippen LogP contribution >= 0.6 is 11.3 Å². The minimum absolute atomic E-state index is 0.153. The van der Waals surface area contributed by atoms with E-state index in [4.69, 9.17) is 5.26 Å². The van der Waals surface area contributed by atoms with E-state index in [1.165, 1.54) is 6.07 Å². The standard InChI is InChI=1S/C14H15N5O2S/c1-10(2)18(7-5-14-16-6-8-22-14)13-4-3-12(19(20)21)11(9-15)17-13/h3-4,6,8,10H,5,7H2,1-2H3. The van der Waals surface area contributed by atoms with E-state index in [1.807, 2.05) is 24.1 Å². The van der Waals surface area contributed by atoms with E-state index in [-0.39, 0.29) is 17.4 Å². The zero-order valence-electron chi connectivity index (χ0n) is 12.3. The Hall–Kier alpha value is -2.53. The van der Waals surface area contributed by atoms with E-state index in [9.17, 15) is 10.1 Å². The molecule has 0 aliphatic carbocycles. The lowest BCUT2D eigenvalue weighted by Gasteiger charge is -2.27. The Bertz CT molecular complexity index is 694. The summed E-state index contributed by atoms with van der Waals surface area (Å²) in [4.78, 5) is 20.7. The summed E-state index contributed by atoms with van der Waals surface area (Å²) in [6, 6.07) is 4.86. The highest BCUT2D eigenvalue weighted by atomic mass is 32.1. The summed E-state index contributed by atoms with van der Waals surface area (Å²) in [6.07, 6.45) is 2.52. The molecule has 2 rings (SSSR count). The first-order valence-electron chi connectivity index (χ1n) is 6.73. The predicted octanol–water partition coefficient (Wildman–Crippen LogP) is 2.78. The van der Waals surface area contributed by atoms with Crippen molar-refractivity contribution >= 4 is 22.8 Å². The number of anilines is 1. The first-order chi connectivity index (χ1) is 10.5. The summed E-state index contributed by atoms with van der Waals surface area (Å²) in [6.45, 7) is 4.70. The zero-order chi connectivity index (χ0) is 16.1. The molecule has 0 aliphatic heterocycles. The van der Waals surface area contributed by atoms with Gasteiger partial charge in [0.2, 0.25) is 5.69 Å². The van der Waals surface area contributed by atoms with Crippen molar-refractivity contribution in [2.45, 2.75) is 26.3 Å². The predicted molar refractivity (Wildman–Crippen MR) is 83.9 cm³/mol. The highest BCUT2D eigenvalue weighted by Gasteiger charge is 2.19. The molecule has 7 nitrogen and oxygen atoms in total. The van der Waals surface area contributed by atoms with Gasteiger partial charge < -0.3 is 4.90 Å². The fourth-order valence-corrected chi connectivity index (χ4v) is 2.67. The van der Waals surface area contributed by atoms with Gasteiger partial charge in [-0.2, -0.15) is 5.26 Å². The van der Waals surface area contributed by atoms with Gasteiger partial charge in [-0.15, -0.1) is 11.3 Å². The van der Waals surface area contributed by atoms with E-state index in [1.54, 1.807) is 29.7 Å². The van der Waals surface area contributed by atoms with Gasteiger partial charge in [0.1, 0.15) is 11.9 Å².